The fourth-order valence-electron chi connectivity index (χ4n) is 3.69. The minimum Gasteiger partial charge on any atom is -0.356 e. The molecule has 29 heavy (non-hydrogen) atoms. The summed E-state index contributed by atoms with van der Waals surface area (Å²) >= 11 is 0. The fourth-order valence-corrected chi connectivity index (χ4v) is 3.69. The van der Waals surface area contributed by atoms with E-state index >= 15 is 0 Å². The molecular weight excluding hydrogens is 366 g/mol. The number of aryl methyl sites for hydroxylation is 1. The molecule has 1 aliphatic rings. The van der Waals surface area contributed by atoms with Crippen LogP contribution in [0.25, 0.3) is 10.9 Å². The summed E-state index contributed by atoms with van der Waals surface area (Å²) < 4.78 is 1.71. The van der Waals surface area contributed by atoms with Gasteiger partial charge in [0.15, 0.2) is 5.96 Å². The quantitative estimate of drug-likeness (QED) is 0.538. The molecule has 0 radical (unpaired) electrons. The molecule has 3 heterocycles. The van der Waals surface area contributed by atoms with Gasteiger partial charge in [-0.1, -0.05) is 24.3 Å². The molecule has 3 aromatic rings. The predicted molar refractivity (Wildman–Crippen MR) is 114 cm³/mol. The van der Waals surface area contributed by atoms with E-state index in [4.69, 9.17) is 0 Å². The Kier molecular flexibility index (Phi) is 5.41. The van der Waals surface area contributed by atoms with Gasteiger partial charge in [0.2, 0.25) is 5.91 Å². The lowest BCUT2D eigenvalue weighted by Gasteiger charge is -2.35. The Balaban J connectivity index is 1.36. The van der Waals surface area contributed by atoms with Gasteiger partial charge < -0.3 is 15.1 Å². The van der Waals surface area contributed by atoms with Crippen molar-refractivity contribution >= 4 is 28.5 Å². The Labute approximate surface area is 169 Å². The highest BCUT2D eigenvalue weighted by Crippen LogP contribution is 2.17. The van der Waals surface area contributed by atoms with Gasteiger partial charge in [0.25, 0.3) is 0 Å². The van der Waals surface area contributed by atoms with Crippen molar-refractivity contribution in [2.45, 2.75) is 6.42 Å². The number of pyridine rings is 1. The van der Waals surface area contributed by atoms with Crippen molar-refractivity contribution in [3.05, 3.63) is 54.5 Å². The molecular formula is C21H25N7O. The van der Waals surface area contributed by atoms with E-state index in [0.717, 1.165) is 42.1 Å². The summed E-state index contributed by atoms with van der Waals surface area (Å²) in [4.78, 5) is 25.3. The van der Waals surface area contributed by atoms with E-state index in [0.29, 0.717) is 13.1 Å². The summed E-state index contributed by atoms with van der Waals surface area (Å²) in [5.74, 6) is 0.794. The SMILES string of the molecule is CN=C(NCCc1cccc2cccnc12)N1CCN(c2cnn(C)c2)C(=O)C1. The van der Waals surface area contributed by atoms with Crippen molar-refractivity contribution in [1.29, 1.82) is 0 Å². The molecule has 150 valence electrons. The van der Waals surface area contributed by atoms with Crippen LogP contribution >= 0.6 is 0 Å². The van der Waals surface area contributed by atoms with E-state index in [1.165, 1.54) is 5.56 Å². The number of fused-ring (bicyclic) bond motifs is 1. The third kappa shape index (κ3) is 4.06. The second-order valence-corrected chi connectivity index (χ2v) is 7.06. The summed E-state index contributed by atoms with van der Waals surface area (Å²) in [5, 5.41) is 8.69. The van der Waals surface area contributed by atoms with E-state index in [2.05, 4.69) is 44.7 Å². The molecule has 0 unspecified atom stereocenters. The Bertz CT molecular complexity index is 1040. The number of hydrogen-bond donors (Lipinski definition) is 1. The second kappa shape index (κ2) is 8.30. The van der Waals surface area contributed by atoms with Crippen LogP contribution in [0.2, 0.25) is 0 Å². The third-order valence-corrected chi connectivity index (χ3v) is 5.13. The minimum atomic E-state index is 0.0467. The maximum absolute atomic E-state index is 12.6. The summed E-state index contributed by atoms with van der Waals surface area (Å²) in [6, 6.07) is 10.3. The van der Waals surface area contributed by atoms with Gasteiger partial charge in [-0.25, -0.2) is 0 Å². The largest absolute Gasteiger partial charge is 0.356 e. The molecule has 0 bridgehead atoms. The zero-order chi connectivity index (χ0) is 20.2. The first-order valence-electron chi connectivity index (χ1n) is 9.73. The van der Waals surface area contributed by atoms with Crippen molar-refractivity contribution < 1.29 is 4.79 Å². The monoisotopic (exact) mass is 391 g/mol. The predicted octanol–water partition coefficient (Wildman–Crippen LogP) is 1.43. The lowest BCUT2D eigenvalue weighted by atomic mass is 10.1. The van der Waals surface area contributed by atoms with E-state index < -0.39 is 0 Å². The van der Waals surface area contributed by atoms with Crippen LogP contribution in [0.5, 0.6) is 0 Å². The fraction of sp³-hybridized carbons (Fsp3) is 0.333. The average Bonchev–Trinajstić information content (AvgIpc) is 3.17. The minimum absolute atomic E-state index is 0.0467. The Morgan fingerprint density at radius 2 is 2.10 bits per heavy atom. The molecule has 1 N–H and O–H groups in total. The lowest BCUT2D eigenvalue weighted by molar-refractivity contribution is -0.120. The number of hydrogen-bond acceptors (Lipinski definition) is 4. The molecule has 1 amide bonds. The van der Waals surface area contributed by atoms with Gasteiger partial charge in [0.1, 0.15) is 6.54 Å². The molecule has 4 rings (SSSR count). The van der Waals surface area contributed by atoms with Crippen LogP contribution in [0.4, 0.5) is 5.69 Å². The van der Waals surface area contributed by atoms with Crippen LogP contribution < -0.4 is 10.2 Å². The second-order valence-electron chi connectivity index (χ2n) is 7.06. The zero-order valence-electron chi connectivity index (χ0n) is 16.7. The number of amides is 1. The number of nitrogens with one attached hydrogen (secondary N) is 1. The number of benzene rings is 1. The van der Waals surface area contributed by atoms with Crippen LogP contribution in [0.15, 0.2) is 53.9 Å². The highest BCUT2D eigenvalue weighted by Gasteiger charge is 2.27. The summed E-state index contributed by atoms with van der Waals surface area (Å²) in [6.07, 6.45) is 6.24. The van der Waals surface area contributed by atoms with Crippen LogP contribution in [-0.2, 0) is 18.3 Å². The number of nitrogens with zero attached hydrogens (tertiary/aromatic N) is 6. The Hall–Kier alpha value is -3.42. The standard InChI is InChI=1S/C21H25N7O/c1-22-21(24-10-8-17-6-3-5-16-7-4-9-23-20(16)17)27-11-12-28(19(29)15-27)18-13-25-26(2)14-18/h3-7,9,13-14H,8,10-12,15H2,1-2H3,(H,22,24). The number of piperazine rings is 1. The van der Waals surface area contributed by atoms with Crippen molar-refractivity contribution in [3.63, 3.8) is 0 Å². The van der Waals surface area contributed by atoms with Gasteiger partial charge in [-0.2, -0.15) is 5.10 Å². The molecule has 8 nitrogen and oxygen atoms in total. The van der Waals surface area contributed by atoms with Crippen LogP contribution in [-0.4, -0.2) is 64.8 Å². The normalized spacial score (nSPS) is 15.2. The summed E-state index contributed by atoms with van der Waals surface area (Å²) in [5.41, 5.74) is 3.07. The lowest BCUT2D eigenvalue weighted by Crippen LogP contribution is -2.55. The zero-order valence-corrected chi connectivity index (χ0v) is 16.7. The van der Waals surface area contributed by atoms with Crippen LogP contribution in [0, 0.1) is 0 Å². The van der Waals surface area contributed by atoms with Crippen molar-refractivity contribution in [3.8, 4) is 0 Å². The number of guanidine groups is 1. The molecule has 8 heteroatoms. The molecule has 1 fully saturated rings. The first-order chi connectivity index (χ1) is 14.2. The number of carbonyl (C=O) groups is 1. The van der Waals surface area contributed by atoms with Gasteiger partial charge in [-0.3, -0.25) is 19.5 Å². The molecule has 0 aliphatic carbocycles. The van der Waals surface area contributed by atoms with Gasteiger partial charge in [-0.05, 0) is 18.1 Å². The van der Waals surface area contributed by atoms with Gasteiger partial charge in [-0.15, -0.1) is 0 Å². The topological polar surface area (TPSA) is 78.7 Å². The third-order valence-electron chi connectivity index (χ3n) is 5.13. The highest BCUT2D eigenvalue weighted by molar-refractivity contribution is 5.98. The number of aliphatic imine (C=N–C) groups is 1. The number of rotatable bonds is 4. The summed E-state index contributed by atoms with van der Waals surface area (Å²) in [6.45, 7) is 2.35. The summed E-state index contributed by atoms with van der Waals surface area (Å²) in [7, 11) is 3.60. The van der Waals surface area contributed by atoms with Gasteiger partial charge >= 0.3 is 0 Å². The van der Waals surface area contributed by atoms with E-state index in [-0.39, 0.29) is 5.91 Å². The molecule has 1 saturated heterocycles. The maximum Gasteiger partial charge on any atom is 0.246 e. The van der Waals surface area contributed by atoms with Crippen molar-refractivity contribution in [1.82, 2.24) is 25.0 Å². The first-order valence-corrected chi connectivity index (χ1v) is 9.73. The number of aromatic nitrogens is 3. The van der Waals surface area contributed by atoms with Gasteiger partial charge in [0.05, 0.1) is 17.4 Å². The Morgan fingerprint density at radius 1 is 1.24 bits per heavy atom. The number of para-hydroxylation sites is 1. The molecule has 0 atom stereocenters. The van der Waals surface area contributed by atoms with E-state index in [1.807, 2.05) is 30.4 Å². The first kappa shape index (κ1) is 18.9. The maximum atomic E-state index is 12.6. The van der Waals surface area contributed by atoms with Gasteiger partial charge in [0, 0.05) is 51.5 Å². The van der Waals surface area contributed by atoms with Crippen molar-refractivity contribution in [2.24, 2.45) is 12.0 Å². The molecule has 0 spiro atoms. The molecule has 1 aliphatic heterocycles. The van der Waals surface area contributed by atoms with Crippen LogP contribution in [0.3, 0.4) is 0 Å². The highest BCUT2D eigenvalue weighted by atomic mass is 16.2. The number of anilines is 1. The Morgan fingerprint density at radius 3 is 2.86 bits per heavy atom. The smallest absolute Gasteiger partial charge is 0.246 e. The number of carbonyl (C=O) groups excluding carboxylic acids is 1. The van der Waals surface area contributed by atoms with Crippen molar-refractivity contribution in [2.75, 3.05) is 38.1 Å². The van der Waals surface area contributed by atoms with E-state index in [9.17, 15) is 4.79 Å². The molecule has 1 aromatic carbocycles. The average molecular weight is 391 g/mol. The van der Waals surface area contributed by atoms with E-state index in [1.54, 1.807) is 22.8 Å². The molecule has 0 saturated carbocycles. The van der Waals surface area contributed by atoms with Crippen LogP contribution in [0.1, 0.15) is 5.56 Å². The molecule has 2 aromatic heterocycles.